The van der Waals surface area contributed by atoms with E-state index in [1.807, 2.05) is 12.3 Å². The van der Waals surface area contributed by atoms with Crippen molar-refractivity contribution in [2.75, 3.05) is 0 Å². The van der Waals surface area contributed by atoms with Gasteiger partial charge >= 0.3 is 5.97 Å². The van der Waals surface area contributed by atoms with E-state index < -0.39 is 5.97 Å². The Hall–Kier alpha value is -0.550. The molecule has 0 spiro atoms. The molecule has 0 bridgehead atoms. The summed E-state index contributed by atoms with van der Waals surface area (Å²) < 4.78 is 0.834. The molecule has 1 aromatic rings. The first-order chi connectivity index (χ1) is 6.24. The SMILES string of the molecule is CCCC(Sc1nccs1)C(=O)O. The molecule has 1 aromatic heterocycles. The zero-order chi connectivity index (χ0) is 9.68. The summed E-state index contributed by atoms with van der Waals surface area (Å²) in [6.45, 7) is 1.98. The summed E-state index contributed by atoms with van der Waals surface area (Å²) in [5.74, 6) is -0.748. The zero-order valence-corrected chi connectivity index (χ0v) is 8.90. The van der Waals surface area contributed by atoms with E-state index in [1.165, 1.54) is 23.1 Å². The lowest BCUT2D eigenvalue weighted by atomic mass is 10.2. The molecule has 0 radical (unpaired) electrons. The topological polar surface area (TPSA) is 50.2 Å². The average Bonchev–Trinajstić information content (AvgIpc) is 2.56. The first-order valence-corrected chi connectivity index (χ1v) is 5.79. The van der Waals surface area contributed by atoms with E-state index in [1.54, 1.807) is 6.20 Å². The average molecular weight is 217 g/mol. The monoisotopic (exact) mass is 217 g/mol. The molecule has 0 aliphatic carbocycles. The van der Waals surface area contributed by atoms with Crippen LogP contribution in [-0.4, -0.2) is 21.3 Å². The summed E-state index contributed by atoms with van der Waals surface area (Å²) in [6, 6.07) is 0. The highest BCUT2D eigenvalue weighted by molar-refractivity contribution is 8.02. The van der Waals surface area contributed by atoms with Crippen LogP contribution in [0.3, 0.4) is 0 Å². The van der Waals surface area contributed by atoms with Crippen molar-refractivity contribution >= 4 is 29.1 Å². The van der Waals surface area contributed by atoms with Gasteiger partial charge in [-0.25, -0.2) is 4.98 Å². The summed E-state index contributed by atoms with van der Waals surface area (Å²) >= 11 is 2.82. The second-order valence-corrected chi connectivity index (χ2v) is 4.88. The van der Waals surface area contributed by atoms with Crippen LogP contribution in [0.2, 0.25) is 0 Å². The fraction of sp³-hybridized carbons (Fsp3) is 0.500. The highest BCUT2D eigenvalue weighted by atomic mass is 32.2. The first-order valence-electron chi connectivity index (χ1n) is 4.03. The van der Waals surface area contributed by atoms with E-state index in [9.17, 15) is 4.79 Å². The minimum atomic E-state index is -0.748. The van der Waals surface area contributed by atoms with Gasteiger partial charge in [-0.3, -0.25) is 4.79 Å². The second-order valence-electron chi connectivity index (χ2n) is 2.53. The Kier molecular flexibility index (Phi) is 4.24. The molecular formula is C8H11NO2S2. The molecule has 0 aromatic carbocycles. The predicted molar refractivity (Wildman–Crippen MR) is 54.3 cm³/mol. The molecule has 5 heteroatoms. The highest BCUT2D eigenvalue weighted by Gasteiger charge is 2.18. The third kappa shape index (κ3) is 3.36. The van der Waals surface area contributed by atoms with Gasteiger partial charge in [0.2, 0.25) is 0 Å². The van der Waals surface area contributed by atoms with Crippen molar-refractivity contribution in [3.63, 3.8) is 0 Å². The Balaban J connectivity index is 2.52. The van der Waals surface area contributed by atoms with Gasteiger partial charge in [-0.15, -0.1) is 11.3 Å². The maximum absolute atomic E-state index is 10.8. The number of carbonyl (C=O) groups is 1. The van der Waals surface area contributed by atoms with E-state index in [0.29, 0.717) is 6.42 Å². The van der Waals surface area contributed by atoms with Gasteiger partial charge in [0.05, 0.1) is 0 Å². The number of thioether (sulfide) groups is 1. The van der Waals surface area contributed by atoms with Gasteiger partial charge in [-0.05, 0) is 6.42 Å². The van der Waals surface area contributed by atoms with Crippen LogP contribution in [0.1, 0.15) is 19.8 Å². The lowest BCUT2D eigenvalue weighted by molar-refractivity contribution is -0.136. The van der Waals surface area contributed by atoms with Crippen LogP contribution in [0.4, 0.5) is 0 Å². The molecular weight excluding hydrogens is 206 g/mol. The van der Waals surface area contributed by atoms with Gasteiger partial charge in [0.15, 0.2) is 4.34 Å². The number of carboxylic acid groups (broad SMARTS) is 1. The fourth-order valence-corrected chi connectivity index (χ4v) is 2.80. The van der Waals surface area contributed by atoms with Gasteiger partial charge < -0.3 is 5.11 Å². The molecule has 0 saturated carbocycles. The number of thiazole rings is 1. The molecule has 0 aliphatic rings. The van der Waals surface area contributed by atoms with Crippen LogP contribution in [0, 0.1) is 0 Å². The van der Waals surface area contributed by atoms with Crippen molar-refractivity contribution in [3.05, 3.63) is 11.6 Å². The second kappa shape index (κ2) is 5.24. The number of carboxylic acids is 1. The van der Waals surface area contributed by atoms with Gasteiger partial charge in [0, 0.05) is 11.6 Å². The third-order valence-electron chi connectivity index (χ3n) is 1.48. The quantitative estimate of drug-likeness (QED) is 0.770. The van der Waals surface area contributed by atoms with Crippen LogP contribution >= 0.6 is 23.1 Å². The van der Waals surface area contributed by atoms with E-state index in [4.69, 9.17) is 5.11 Å². The minimum Gasteiger partial charge on any atom is -0.480 e. The Labute approximate surface area is 85.2 Å². The van der Waals surface area contributed by atoms with Crippen LogP contribution in [0.25, 0.3) is 0 Å². The largest absolute Gasteiger partial charge is 0.480 e. The van der Waals surface area contributed by atoms with Crippen molar-refractivity contribution in [1.82, 2.24) is 4.98 Å². The standard InChI is InChI=1S/C8H11NO2S2/c1-2-3-6(7(10)11)13-8-9-4-5-12-8/h4-6H,2-3H2,1H3,(H,10,11). The number of nitrogens with zero attached hydrogens (tertiary/aromatic N) is 1. The fourth-order valence-electron chi connectivity index (χ4n) is 0.885. The molecule has 3 nitrogen and oxygen atoms in total. The lowest BCUT2D eigenvalue weighted by Crippen LogP contribution is -2.15. The zero-order valence-electron chi connectivity index (χ0n) is 7.27. The van der Waals surface area contributed by atoms with Gasteiger partial charge in [0.1, 0.15) is 5.25 Å². The van der Waals surface area contributed by atoms with Crippen molar-refractivity contribution in [3.8, 4) is 0 Å². The molecule has 0 saturated heterocycles. The molecule has 1 atom stereocenters. The molecule has 1 unspecified atom stereocenters. The number of aromatic nitrogens is 1. The normalized spacial score (nSPS) is 12.7. The molecule has 0 amide bonds. The van der Waals surface area contributed by atoms with Crippen LogP contribution in [-0.2, 0) is 4.79 Å². The lowest BCUT2D eigenvalue weighted by Gasteiger charge is -2.07. The summed E-state index contributed by atoms with van der Waals surface area (Å²) in [4.78, 5) is 14.8. The Morgan fingerprint density at radius 2 is 2.62 bits per heavy atom. The summed E-state index contributed by atoms with van der Waals surface area (Å²) in [6.07, 6.45) is 3.27. The van der Waals surface area contributed by atoms with Gasteiger partial charge in [0.25, 0.3) is 0 Å². The molecule has 72 valence electrons. The smallest absolute Gasteiger partial charge is 0.317 e. The Morgan fingerprint density at radius 1 is 1.85 bits per heavy atom. The van der Waals surface area contributed by atoms with Crippen molar-refractivity contribution < 1.29 is 9.90 Å². The summed E-state index contributed by atoms with van der Waals surface area (Å²) in [7, 11) is 0. The van der Waals surface area contributed by atoms with Crippen molar-refractivity contribution in [2.45, 2.75) is 29.4 Å². The van der Waals surface area contributed by atoms with E-state index in [-0.39, 0.29) is 5.25 Å². The number of hydrogen-bond acceptors (Lipinski definition) is 4. The van der Waals surface area contributed by atoms with Gasteiger partial charge in [-0.2, -0.15) is 0 Å². The molecule has 0 aliphatic heterocycles. The van der Waals surface area contributed by atoms with E-state index >= 15 is 0 Å². The van der Waals surface area contributed by atoms with Crippen LogP contribution in [0.15, 0.2) is 15.9 Å². The number of aliphatic carboxylic acids is 1. The maximum Gasteiger partial charge on any atom is 0.317 e. The predicted octanol–water partition coefficient (Wildman–Crippen LogP) is 2.49. The molecule has 1 N–H and O–H groups in total. The number of hydrogen-bond donors (Lipinski definition) is 1. The summed E-state index contributed by atoms with van der Waals surface area (Å²) in [5, 5.41) is 10.4. The first kappa shape index (κ1) is 10.5. The molecule has 13 heavy (non-hydrogen) atoms. The number of rotatable bonds is 5. The molecule has 1 rings (SSSR count). The summed E-state index contributed by atoms with van der Waals surface area (Å²) in [5.41, 5.74) is 0. The molecule has 1 heterocycles. The van der Waals surface area contributed by atoms with E-state index in [0.717, 1.165) is 10.8 Å². The van der Waals surface area contributed by atoms with E-state index in [2.05, 4.69) is 4.98 Å². The Bertz CT molecular complexity index is 261. The van der Waals surface area contributed by atoms with Crippen molar-refractivity contribution in [1.29, 1.82) is 0 Å². The van der Waals surface area contributed by atoms with Crippen LogP contribution < -0.4 is 0 Å². The van der Waals surface area contributed by atoms with Crippen LogP contribution in [0.5, 0.6) is 0 Å². The maximum atomic E-state index is 10.8. The van der Waals surface area contributed by atoms with Crippen molar-refractivity contribution in [2.24, 2.45) is 0 Å². The molecule has 0 fully saturated rings. The third-order valence-corrected chi connectivity index (χ3v) is 3.65. The minimum absolute atomic E-state index is 0.351. The Morgan fingerprint density at radius 3 is 3.08 bits per heavy atom. The van der Waals surface area contributed by atoms with Gasteiger partial charge in [-0.1, -0.05) is 25.1 Å². The highest BCUT2D eigenvalue weighted by Crippen LogP contribution is 2.27.